The number of aldehydes is 1. The Morgan fingerprint density at radius 2 is 1.37 bits per heavy atom. The van der Waals surface area contributed by atoms with Crippen molar-refractivity contribution in [3.05, 3.63) is 0 Å². The molecule has 0 aromatic rings. The third-order valence-electron chi connectivity index (χ3n) is 6.92. The Bertz CT molecular complexity index is 867. The Labute approximate surface area is 244 Å². The highest BCUT2D eigenvalue weighted by molar-refractivity contribution is 5.95. The van der Waals surface area contributed by atoms with Gasteiger partial charge >= 0.3 is 0 Å². The first kappa shape index (κ1) is 37.9. The van der Waals surface area contributed by atoms with Crippen LogP contribution in [-0.2, 0) is 28.8 Å². The van der Waals surface area contributed by atoms with Crippen LogP contribution in [0.25, 0.3) is 0 Å². The highest BCUT2D eigenvalue weighted by atomic mass is 16.2. The van der Waals surface area contributed by atoms with Crippen molar-refractivity contribution in [1.82, 2.24) is 21.3 Å². The van der Waals surface area contributed by atoms with Gasteiger partial charge in [-0.3, -0.25) is 24.0 Å². The molecule has 0 aliphatic rings. The van der Waals surface area contributed by atoms with Crippen LogP contribution < -0.4 is 38.5 Å². The maximum Gasteiger partial charge on any atom is 0.243 e. The first-order valence-corrected chi connectivity index (χ1v) is 14.6. The molecule has 0 fully saturated rings. The number of amides is 5. The van der Waals surface area contributed by atoms with E-state index in [0.29, 0.717) is 32.1 Å². The normalized spacial score (nSPS) is 15.7. The van der Waals surface area contributed by atoms with Crippen LogP contribution in [0.1, 0.15) is 86.5 Å². The molecule has 0 aliphatic heterocycles. The van der Waals surface area contributed by atoms with Gasteiger partial charge in [0.25, 0.3) is 0 Å². The number of unbranched alkanes of at least 4 members (excludes halogenated alkanes) is 1. The van der Waals surface area contributed by atoms with E-state index in [1.807, 2.05) is 27.7 Å². The van der Waals surface area contributed by atoms with Crippen molar-refractivity contribution in [3.63, 3.8) is 0 Å². The van der Waals surface area contributed by atoms with Gasteiger partial charge in [-0.05, 0) is 56.4 Å². The standard InChI is InChI=1S/C28H53N7O6/c1-7-18(6)22(15-36)34-28(41)24(17(4)5)35-26(39)20(10-8-9-13-29)32-27(40)21(14-16(2)3)33-25(38)19(30)11-12-23(31)37/h15-22,24H,7-14,29-30H2,1-6H3,(H2,31,37)(H,32,40)(H,33,38)(H,34,41)(H,35,39)/t18-,19-,20-,21-,22+,24-/m0/s1. The van der Waals surface area contributed by atoms with E-state index >= 15 is 0 Å². The summed E-state index contributed by atoms with van der Waals surface area (Å²) < 4.78 is 0. The predicted octanol–water partition coefficient (Wildman–Crippen LogP) is -0.405. The molecule has 0 aromatic heterocycles. The summed E-state index contributed by atoms with van der Waals surface area (Å²) in [5.41, 5.74) is 16.6. The Hall–Kier alpha value is -3.06. The lowest BCUT2D eigenvalue weighted by Gasteiger charge is -2.29. The average molecular weight is 584 g/mol. The Morgan fingerprint density at radius 3 is 1.85 bits per heavy atom. The van der Waals surface area contributed by atoms with E-state index in [0.717, 1.165) is 0 Å². The monoisotopic (exact) mass is 583 g/mol. The maximum absolute atomic E-state index is 13.4. The van der Waals surface area contributed by atoms with E-state index in [4.69, 9.17) is 17.2 Å². The summed E-state index contributed by atoms with van der Waals surface area (Å²) in [7, 11) is 0. The van der Waals surface area contributed by atoms with Crippen LogP contribution in [0.2, 0.25) is 0 Å². The zero-order valence-corrected chi connectivity index (χ0v) is 25.5. The minimum atomic E-state index is -1.04. The van der Waals surface area contributed by atoms with Gasteiger partial charge in [-0.2, -0.15) is 0 Å². The second-order valence-corrected chi connectivity index (χ2v) is 11.4. The number of carbonyl (C=O) groups is 6. The lowest BCUT2D eigenvalue weighted by Crippen LogP contribution is -2.59. The van der Waals surface area contributed by atoms with Crippen LogP contribution in [0, 0.1) is 17.8 Å². The van der Waals surface area contributed by atoms with Gasteiger partial charge < -0.3 is 43.3 Å². The van der Waals surface area contributed by atoms with Crippen LogP contribution in [-0.4, -0.2) is 72.6 Å². The lowest BCUT2D eigenvalue weighted by atomic mass is 9.97. The molecular formula is C28H53N7O6. The molecule has 13 heteroatoms. The number of carbonyl (C=O) groups excluding carboxylic acids is 6. The van der Waals surface area contributed by atoms with Gasteiger partial charge in [0.05, 0.1) is 12.1 Å². The number of nitrogens with one attached hydrogen (secondary N) is 4. The molecule has 0 saturated heterocycles. The van der Waals surface area contributed by atoms with Crippen molar-refractivity contribution < 1.29 is 28.8 Å². The van der Waals surface area contributed by atoms with Gasteiger partial charge in [0.15, 0.2) is 0 Å². The smallest absolute Gasteiger partial charge is 0.243 e. The van der Waals surface area contributed by atoms with Crippen molar-refractivity contribution in [2.24, 2.45) is 35.0 Å². The predicted molar refractivity (Wildman–Crippen MR) is 157 cm³/mol. The summed E-state index contributed by atoms with van der Waals surface area (Å²) in [4.78, 5) is 75.0. The van der Waals surface area contributed by atoms with Gasteiger partial charge in [-0.25, -0.2) is 0 Å². The summed E-state index contributed by atoms with van der Waals surface area (Å²) in [5.74, 6) is -3.22. The molecule has 236 valence electrons. The second-order valence-electron chi connectivity index (χ2n) is 11.4. The molecule has 0 rings (SSSR count). The largest absolute Gasteiger partial charge is 0.370 e. The highest BCUT2D eigenvalue weighted by Crippen LogP contribution is 2.11. The fraction of sp³-hybridized carbons (Fsp3) is 0.786. The summed E-state index contributed by atoms with van der Waals surface area (Å²) in [6, 6.07) is -4.67. The molecule has 5 amide bonds. The van der Waals surface area contributed by atoms with E-state index in [1.165, 1.54) is 0 Å². The first-order valence-electron chi connectivity index (χ1n) is 14.6. The van der Waals surface area contributed by atoms with Gasteiger partial charge in [0, 0.05) is 6.42 Å². The molecule has 0 saturated carbocycles. The molecule has 0 aromatic carbocycles. The number of nitrogens with two attached hydrogens (primary N) is 3. The van der Waals surface area contributed by atoms with Crippen LogP contribution in [0.5, 0.6) is 0 Å². The average Bonchev–Trinajstić information content (AvgIpc) is 2.90. The Balaban J connectivity index is 5.77. The van der Waals surface area contributed by atoms with Crippen molar-refractivity contribution in [1.29, 1.82) is 0 Å². The van der Waals surface area contributed by atoms with E-state index in [2.05, 4.69) is 21.3 Å². The van der Waals surface area contributed by atoms with Crippen molar-refractivity contribution in [2.45, 2.75) is 117 Å². The van der Waals surface area contributed by atoms with Gasteiger partial charge in [0.1, 0.15) is 24.4 Å². The van der Waals surface area contributed by atoms with Gasteiger partial charge in [-0.1, -0.05) is 48.0 Å². The summed E-state index contributed by atoms with van der Waals surface area (Å²) >= 11 is 0. The maximum atomic E-state index is 13.4. The molecule has 0 heterocycles. The molecule has 0 spiro atoms. The van der Waals surface area contributed by atoms with E-state index < -0.39 is 59.7 Å². The topological polar surface area (TPSA) is 229 Å². The molecule has 0 radical (unpaired) electrons. The van der Waals surface area contributed by atoms with Gasteiger partial charge in [0.2, 0.25) is 29.5 Å². The molecule has 10 N–H and O–H groups in total. The zero-order valence-electron chi connectivity index (χ0n) is 25.5. The number of rotatable bonds is 21. The third-order valence-corrected chi connectivity index (χ3v) is 6.92. The summed E-state index contributed by atoms with van der Waals surface area (Å²) in [6.07, 6.45) is 3.00. The minimum Gasteiger partial charge on any atom is -0.370 e. The first-order chi connectivity index (χ1) is 19.2. The quantitative estimate of drug-likeness (QED) is 0.0692. The number of hydrogen-bond donors (Lipinski definition) is 7. The Morgan fingerprint density at radius 1 is 0.780 bits per heavy atom. The van der Waals surface area contributed by atoms with Gasteiger partial charge in [-0.15, -0.1) is 0 Å². The minimum absolute atomic E-state index is 0.0164. The van der Waals surface area contributed by atoms with Crippen molar-refractivity contribution in [2.75, 3.05) is 6.54 Å². The van der Waals surface area contributed by atoms with Crippen LogP contribution in [0.15, 0.2) is 0 Å². The molecular weight excluding hydrogens is 530 g/mol. The highest BCUT2D eigenvalue weighted by Gasteiger charge is 2.32. The third kappa shape index (κ3) is 14.9. The van der Waals surface area contributed by atoms with Crippen LogP contribution in [0.4, 0.5) is 0 Å². The molecule has 0 bridgehead atoms. The Kier molecular flexibility index (Phi) is 18.4. The van der Waals surface area contributed by atoms with E-state index in [1.54, 1.807) is 13.8 Å². The number of primary amides is 1. The van der Waals surface area contributed by atoms with E-state index in [-0.39, 0.29) is 43.4 Å². The van der Waals surface area contributed by atoms with Crippen molar-refractivity contribution >= 4 is 35.8 Å². The van der Waals surface area contributed by atoms with E-state index in [9.17, 15) is 28.8 Å². The summed E-state index contributed by atoms with van der Waals surface area (Å²) in [5, 5.41) is 10.8. The summed E-state index contributed by atoms with van der Waals surface area (Å²) in [6.45, 7) is 11.4. The molecule has 13 nitrogen and oxygen atoms in total. The SMILES string of the molecule is CC[C@H](C)[C@@H](C=O)NC(=O)[C@@H](NC(=O)[C@H](CCCCN)NC(=O)[C@H](CC(C)C)NC(=O)[C@@H](N)CCC(N)=O)C(C)C. The zero-order chi connectivity index (χ0) is 31.7. The molecule has 0 aliphatic carbocycles. The lowest BCUT2D eigenvalue weighted by molar-refractivity contribution is -0.135. The fourth-order valence-corrected chi connectivity index (χ4v) is 4.05. The fourth-order valence-electron chi connectivity index (χ4n) is 4.05. The van der Waals surface area contributed by atoms with Crippen LogP contribution in [0.3, 0.4) is 0 Å². The number of hydrogen-bond acceptors (Lipinski definition) is 8. The molecule has 0 unspecified atom stereocenters. The molecule has 6 atom stereocenters. The van der Waals surface area contributed by atoms with Crippen molar-refractivity contribution in [3.8, 4) is 0 Å². The second kappa shape index (κ2) is 19.9. The van der Waals surface area contributed by atoms with Crippen LogP contribution >= 0.6 is 0 Å². The molecule has 41 heavy (non-hydrogen) atoms.